The molecule has 186 valence electrons. The van der Waals surface area contributed by atoms with E-state index in [2.05, 4.69) is 25.2 Å². The zero-order valence-corrected chi connectivity index (χ0v) is 20.5. The standard InChI is InChI=1S/C28H26FN7O/c1-2-36-27-21(17-30-36)20(16-23(31-27)18-9-5-3-6-10-18)28(37)32-24-15-19(12-13-22(24)29)26-34-33-25-11-7-4-8-14-35(25)26/h3,5-6,9-10,12-13,15-17H,2,4,7-8,11,14H2,1H3,(H,32,37). The highest BCUT2D eigenvalue weighted by Gasteiger charge is 2.21. The van der Waals surface area contributed by atoms with E-state index in [9.17, 15) is 9.18 Å². The number of pyridine rings is 1. The van der Waals surface area contributed by atoms with Gasteiger partial charge in [0.2, 0.25) is 0 Å². The number of benzene rings is 2. The largest absolute Gasteiger partial charge is 0.319 e. The Morgan fingerprint density at radius 2 is 1.89 bits per heavy atom. The van der Waals surface area contributed by atoms with Gasteiger partial charge >= 0.3 is 0 Å². The molecule has 0 saturated heterocycles. The number of halogens is 1. The molecule has 1 aliphatic heterocycles. The van der Waals surface area contributed by atoms with E-state index >= 15 is 0 Å². The van der Waals surface area contributed by atoms with E-state index in [-0.39, 0.29) is 5.69 Å². The van der Waals surface area contributed by atoms with Crippen LogP contribution in [0.3, 0.4) is 0 Å². The summed E-state index contributed by atoms with van der Waals surface area (Å²) in [6.07, 6.45) is 5.80. The summed E-state index contributed by atoms with van der Waals surface area (Å²) in [6.45, 7) is 3.40. The molecular formula is C28H26FN7O. The highest BCUT2D eigenvalue weighted by Crippen LogP contribution is 2.29. The van der Waals surface area contributed by atoms with Crippen LogP contribution in [0.5, 0.6) is 0 Å². The maximum atomic E-state index is 14.9. The third kappa shape index (κ3) is 4.26. The minimum Gasteiger partial charge on any atom is -0.319 e. The first-order chi connectivity index (χ1) is 18.1. The Labute approximate surface area is 213 Å². The second-order valence-electron chi connectivity index (χ2n) is 9.17. The summed E-state index contributed by atoms with van der Waals surface area (Å²) in [5, 5.41) is 16.5. The van der Waals surface area contributed by atoms with Crippen molar-refractivity contribution in [3.05, 3.63) is 78.0 Å². The van der Waals surface area contributed by atoms with Crippen LogP contribution < -0.4 is 5.32 Å². The summed E-state index contributed by atoms with van der Waals surface area (Å²) in [7, 11) is 0. The zero-order valence-electron chi connectivity index (χ0n) is 20.5. The van der Waals surface area contributed by atoms with Crippen molar-refractivity contribution in [2.75, 3.05) is 5.32 Å². The number of nitrogens with one attached hydrogen (secondary N) is 1. The lowest BCUT2D eigenvalue weighted by molar-refractivity contribution is 0.102. The number of nitrogens with zero attached hydrogens (tertiary/aromatic N) is 6. The van der Waals surface area contributed by atoms with Gasteiger partial charge in [0.05, 0.1) is 28.5 Å². The summed E-state index contributed by atoms with van der Waals surface area (Å²) in [5.74, 6) is 0.680. The lowest BCUT2D eigenvalue weighted by Gasteiger charge is -2.12. The van der Waals surface area contributed by atoms with E-state index in [0.717, 1.165) is 43.6 Å². The molecule has 1 N–H and O–H groups in total. The van der Waals surface area contributed by atoms with Gasteiger partial charge in [-0.3, -0.25) is 4.79 Å². The van der Waals surface area contributed by atoms with Crippen LogP contribution in [0.1, 0.15) is 42.4 Å². The Balaban J connectivity index is 1.38. The number of fused-ring (bicyclic) bond motifs is 2. The summed E-state index contributed by atoms with van der Waals surface area (Å²) >= 11 is 0. The molecule has 6 rings (SSSR count). The number of aromatic nitrogens is 6. The van der Waals surface area contributed by atoms with Crippen molar-refractivity contribution in [2.24, 2.45) is 0 Å². The molecule has 4 heterocycles. The van der Waals surface area contributed by atoms with Gasteiger partial charge in [-0.1, -0.05) is 36.8 Å². The average molecular weight is 496 g/mol. The maximum absolute atomic E-state index is 14.9. The summed E-state index contributed by atoms with van der Waals surface area (Å²) in [4.78, 5) is 18.3. The Morgan fingerprint density at radius 3 is 2.73 bits per heavy atom. The van der Waals surface area contributed by atoms with Crippen LogP contribution in [0.15, 0.2) is 60.8 Å². The molecule has 3 aromatic heterocycles. The number of rotatable bonds is 5. The highest BCUT2D eigenvalue weighted by atomic mass is 19.1. The minimum atomic E-state index is -0.523. The first-order valence-corrected chi connectivity index (χ1v) is 12.6. The van der Waals surface area contributed by atoms with Crippen molar-refractivity contribution in [3.63, 3.8) is 0 Å². The van der Waals surface area contributed by atoms with Crippen molar-refractivity contribution in [2.45, 2.75) is 45.7 Å². The number of carbonyl (C=O) groups is 1. The molecule has 0 aliphatic carbocycles. The Hall–Kier alpha value is -4.40. The van der Waals surface area contributed by atoms with Gasteiger partial charge < -0.3 is 9.88 Å². The monoisotopic (exact) mass is 495 g/mol. The van der Waals surface area contributed by atoms with Crippen LogP contribution in [0.2, 0.25) is 0 Å². The summed E-state index contributed by atoms with van der Waals surface area (Å²) in [5.41, 5.74) is 3.31. The SMILES string of the molecule is CCn1ncc2c(C(=O)Nc3cc(-c4nnc5n4CCCCC5)ccc3F)cc(-c3ccccc3)nc21. The molecule has 0 spiro atoms. The lowest BCUT2D eigenvalue weighted by Crippen LogP contribution is -2.14. The minimum absolute atomic E-state index is 0.0857. The van der Waals surface area contributed by atoms with Crippen molar-refractivity contribution >= 4 is 22.6 Å². The molecule has 0 saturated carbocycles. The molecule has 2 aromatic carbocycles. The van der Waals surface area contributed by atoms with Gasteiger partial charge in [-0.05, 0) is 44.0 Å². The highest BCUT2D eigenvalue weighted by molar-refractivity contribution is 6.12. The number of carbonyl (C=O) groups excluding carboxylic acids is 1. The molecule has 0 atom stereocenters. The van der Waals surface area contributed by atoms with Gasteiger partial charge in [-0.2, -0.15) is 5.10 Å². The van der Waals surface area contributed by atoms with E-state index in [0.29, 0.717) is 40.2 Å². The Morgan fingerprint density at radius 1 is 1.03 bits per heavy atom. The van der Waals surface area contributed by atoms with Gasteiger partial charge in [0.15, 0.2) is 11.5 Å². The van der Waals surface area contributed by atoms with Crippen molar-refractivity contribution in [1.29, 1.82) is 0 Å². The predicted molar refractivity (Wildman–Crippen MR) is 140 cm³/mol. The molecule has 9 heteroatoms. The smallest absolute Gasteiger partial charge is 0.256 e. The average Bonchev–Trinajstić information content (AvgIpc) is 3.46. The van der Waals surface area contributed by atoms with E-state index in [1.807, 2.05) is 37.3 Å². The van der Waals surface area contributed by atoms with Crippen molar-refractivity contribution in [1.82, 2.24) is 29.5 Å². The molecule has 8 nitrogen and oxygen atoms in total. The second-order valence-corrected chi connectivity index (χ2v) is 9.17. The van der Waals surface area contributed by atoms with Gasteiger partial charge in [-0.25, -0.2) is 14.1 Å². The molecule has 1 amide bonds. The zero-order chi connectivity index (χ0) is 25.4. The molecule has 1 aliphatic rings. The summed E-state index contributed by atoms with van der Waals surface area (Å²) < 4.78 is 18.8. The number of hydrogen-bond donors (Lipinski definition) is 1. The van der Waals surface area contributed by atoms with Crippen molar-refractivity contribution < 1.29 is 9.18 Å². The van der Waals surface area contributed by atoms with Gasteiger partial charge in [0.1, 0.15) is 11.6 Å². The van der Waals surface area contributed by atoms with Gasteiger partial charge in [0.25, 0.3) is 5.91 Å². The van der Waals surface area contributed by atoms with Crippen LogP contribution in [-0.2, 0) is 19.5 Å². The van der Waals surface area contributed by atoms with E-state index in [1.54, 1.807) is 29.1 Å². The third-order valence-corrected chi connectivity index (χ3v) is 6.81. The topological polar surface area (TPSA) is 90.5 Å². The summed E-state index contributed by atoms with van der Waals surface area (Å²) in [6, 6.07) is 16.0. The van der Waals surface area contributed by atoms with Crippen LogP contribution in [0, 0.1) is 5.82 Å². The number of aryl methyl sites for hydroxylation is 2. The molecule has 0 radical (unpaired) electrons. The molecule has 5 aromatic rings. The van der Waals surface area contributed by atoms with Crippen molar-refractivity contribution in [3.8, 4) is 22.6 Å². The first-order valence-electron chi connectivity index (χ1n) is 12.6. The fourth-order valence-electron chi connectivity index (χ4n) is 4.87. The number of hydrogen-bond acceptors (Lipinski definition) is 5. The quantitative estimate of drug-likeness (QED) is 0.348. The van der Waals surface area contributed by atoms with E-state index < -0.39 is 11.7 Å². The normalized spacial score (nSPS) is 13.4. The fourth-order valence-corrected chi connectivity index (χ4v) is 4.87. The maximum Gasteiger partial charge on any atom is 0.256 e. The first kappa shape index (κ1) is 23.0. The molecule has 0 unspecified atom stereocenters. The third-order valence-electron chi connectivity index (χ3n) is 6.81. The van der Waals surface area contributed by atoms with E-state index in [4.69, 9.17) is 4.98 Å². The molecule has 37 heavy (non-hydrogen) atoms. The molecule has 0 bridgehead atoms. The van der Waals surface area contributed by atoms with Crippen LogP contribution in [-0.4, -0.2) is 35.4 Å². The van der Waals surface area contributed by atoms with E-state index in [1.165, 1.54) is 6.07 Å². The second kappa shape index (κ2) is 9.57. The Bertz CT molecular complexity index is 1610. The van der Waals surface area contributed by atoms with Crippen LogP contribution >= 0.6 is 0 Å². The lowest BCUT2D eigenvalue weighted by atomic mass is 10.1. The Kier molecular flexibility index (Phi) is 5.96. The number of amides is 1. The number of anilines is 1. The molecular weight excluding hydrogens is 469 g/mol. The van der Waals surface area contributed by atoms with Crippen LogP contribution in [0.4, 0.5) is 10.1 Å². The molecule has 0 fully saturated rings. The van der Waals surface area contributed by atoms with Gasteiger partial charge in [0, 0.05) is 30.6 Å². The predicted octanol–water partition coefficient (Wildman–Crippen LogP) is 5.49. The fraction of sp³-hybridized carbons (Fsp3) is 0.250. The van der Waals surface area contributed by atoms with Gasteiger partial charge in [-0.15, -0.1) is 10.2 Å². The van der Waals surface area contributed by atoms with Crippen LogP contribution in [0.25, 0.3) is 33.7 Å².